The predicted molar refractivity (Wildman–Crippen MR) is 92.7 cm³/mol. The minimum Gasteiger partial charge on any atom is -0.435 e. The van der Waals surface area contributed by atoms with Crippen LogP contribution in [0.2, 0.25) is 0 Å². The van der Waals surface area contributed by atoms with Crippen LogP contribution in [0.5, 0.6) is 0 Å². The average Bonchev–Trinajstić information content (AvgIpc) is 2.79. The van der Waals surface area contributed by atoms with Crippen LogP contribution in [0.3, 0.4) is 0 Å². The van der Waals surface area contributed by atoms with E-state index in [2.05, 4.69) is 25.8 Å². The molecular weight excluding hydrogens is 288 g/mol. The fraction of sp³-hybridized carbons (Fsp3) is 0.263. The summed E-state index contributed by atoms with van der Waals surface area (Å²) < 4.78 is -0.255. The molecule has 0 spiro atoms. The standard InChI is InChI=1S/C19H20N2O2/c1-19(2,3)16-14-9-5-6-10-15(14)21(4,18(22)23)17(16)13-8-7-11-20-12-13/h5-12H,1-4H3/p+1. The summed E-state index contributed by atoms with van der Waals surface area (Å²) in [6.07, 6.45) is 2.55. The molecule has 1 unspecified atom stereocenters. The van der Waals surface area contributed by atoms with E-state index in [9.17, 15) is 9.90 Å². The summed E-state index contributed by atoms with van der Waals surface area (Å²) in [6, 6.07) is 11.5. The molecule has 4 heteroatoms. The summed E-state index contributed by atoms with van der Waals surface area (Å²) in [4.78, 5) is 16.5. The van der Waals surface area contributed by atoms with Gasteiger partial charge in [0.25, 0.3) is 0 Å². The number of carboxylic acid groups (broad SMARTS) is 1. The number of benzene rings is 1. The summed E-state index contributed by atoms with van der Waals surface area (Å²) in [5.74, 6) is 0. The van der Waals surface area contributed by atoms with Crippen molar-refractivity contribution in [1.82, 2.24) is 9.47 Å². The highest BCUT2D eigenvalue weighted by Gasteiger charge is 2.51. The molecular formula is C19H21N2O2+. The molecule has 0 saturated heterocycles. The first-order valence-electron chi connectivity index (χ1n) is 7.63. The molecule has 0 fully saturated rings. The first-order valence-corrected chi connectivity index (χ1v) is 7.63. The van der Waals surface area contributed by atoms with Gasteiger partial charge in [0.1, 0.15) is 0 Å². The lowest BCUT2D eigenvalue weighted by atomic mass is 9.81. The van der Waals surface area contributed by atoms with Crippen LogP contribution in [-0.2, 0) is 0 Å². The lowest BCUT2D eigenvalue weighted by Gasteiger charge is -2.27. The van der Waals surface area contributed by atoms with Gasteiger partial charge in [0.2, 0.25) is 0 Å². The predicted octanol–water partition coefficient (Wildman–Crippen LogP) is 4.62. The average molecular weight is 309 g/mol. The van der Waals surface area contributed by atoms with E-state index < -0.39 is 6.09 Å². The molecule has 4 nitrogen and oxygen atoms in total. The second kappa shape index (κ2) is 5.03. The molecule has 1 aromatic carbocycles. The maximum absolute atomic E-state index is 12.3. The van der Waals surface area contributed by atoms with Gasteiger partial charge in [-0.3, -0.25) is 4.98 Å². The van der Waals surface area contributed by atoms with Gasteiger partial charge >= 0.3 is 6.09 Å². The number of rotatable bonds is 1. The molecule has 1 N–H and O–H groups in total. The Hall–Kier alpha value is -2.46. The van der Waals surface area contributed by atoms with Crippen LogP contribution < -0.4 is 4.48 Å². The highest BCUT2D eigenvalue weighted by molar-refractivity contribution is 6.12. The maximum Gasteiger partial charge on any atom is 0.523 e. The molecule has 0 aliphatic carbocycles. The zero-order valence-electron chi connectivity index (χ0n) is 13.9. The summed E-state index contributed by atoms with van der Waals surface area (Å²) >= 11 is 0. The van der Waals surface area contributed by atoms with Crippen molar-refractivity contribution in [2.24, 2.45) is 5.41 Å². The number of fused-ring (bicyclic) bond motifs is 1. The van der Waals surface area contributed by atoms with Crippen molar-refractivity contribution in [2.75, 3.05) is 7.05 Å². The third-order valence-corrected chi connectivity index (χ3v) is 4.41. The van der Waals surface area contributed by atoms with E-state index >= 15 is 0 Å². The molecule has 1 atom stereocenters. The summed E-state index contributed by atoms with van der Waals surface area (Å²) in [6.45, 7) is 6.35. The first kappa shape index (κ1) is 15.4. The number of hydrogen-bond donors (Lipinski definition) is 1. The van der Waals surface area contributed by atoms with Gasteiger partial charge in [-0.05, 0) is 23.6 Å². The van der Waals surface area contributed by atoms with Crippen molar-refractivity contribution in [2.45, 2.75) is 20.8 Å². The van der Waals surface area contributed by atoms with Gasteiger partial charge in [-0.15, -0.1) is 0 Å². The Kier molecular flexibility index (Phi) is 3.38. The molecule has 2 aromatic rings. The van der Waals surface area contributed by atoms with Crippen molar-refractivity contribution in [1.29, 1.82) is 0 Å². The number of carbonyl (C=O) groups is 1. The van der Waals surface area contributed by atoms with Gasteiger partial charge in [0.05, 0.1) is 12.6 Å². The number of quaternary nitrogens is 1. The van der Waals surface area contributed by atoms with Crippen molar-refractivity contribution >= 4 is 23.1 Å². The van der Waals surface area contributed by atoms with Crippen molar-refractivity contribution in [3.05, 3.63) is 59.9 Å². The van der Waals surface area contributed by atoms with E-state index in [-0.39, 0.29) is 9.90 Å². The first-order chi connectivity index (χ1) is 10.8. The van der Waals surface area contributed by atoms with Crippen LogP contribution in [0.1, 0.15) is 31.9 Å². The molecule has 1 aliphatic rings. The molecule has 1 amide bonds. The van der Waals surface area contributed by atoms with Crippen LogP contribution >= 0.6 is 0 Å². The molecule has 0 bridgehead atoms. The number of allylic oxidation sites excluding steroid dienone is 1. The van der Waals surface area contributed by atoms with E-state index in [0.717, 1.165) is 28.1 Å². The highest BCUT2D eigenvalue weighted by atomic mass is 16.4. The van der Waals surface area contributed by atoms with Gasteiger partial charge in [-0.25, -0.2) is 0 Å². The van der Waals surface area contributed by atoms with Crippen LogP contribution in [0.25, 0.3) is 11.3 Å². The number of aromatic nitrogens is 1. The Morgan fingerprint density at radius 1 is 1.13 bits per heavy atom. The Balaban J connectivity index is 2.45. The fourth-order valence-corrected chi connectivity index (χ4v) is 3.41. The molecule has 3 rings (SSSR count). The topological polar surface area (TPSA) is 50.2 Å². The van der Waals surface area contributed by atoms with E-state index in [0.29, 0.717) is 0 Å². The zero-order valence-corrected chi connectivity index (χ0v) is 13.9. The number of hydrogen-bond acceptors (Lipinski definition) is 2. The van der Waals surface area contributed by atoms with Gasteiger partial charge < -0.3 is 5.11 Å². The summed E-state index contributed by atoms with van der Waals surface area (Å²) in [7, 11) is 1.74. The second-order valence-corrected chi connectivity index (χ2v) is 7.02. The van der Waals surface area contributed by atoms with Crippen molar-refractivity contribution in [3.8, 4) is 0 Å². The Morgan fingerprint density at radius 2 is 1.83 bits per heavy atom. The van der Waals surface area contributed by atoms with E-state index in [1.54, 1.807) is 19.4 Å². The smallest absolute Gasteiger partial charge is 0.435 e. The molecule has 23 heavy (non-hydrogen) atoms. The summed E-state index contributed by atoms with van der Waals surface area (Å²) in [5, 5.41) is 10.1. The van der Waals surface area contributed by atoms with Gasteiger partial charge in [0.15, 0.2) is 11.4 Å². The second-order valence-electron chi connectivity index (χ2n) is 7.02. The number of amides is 1. The monoisotopic (exact) mass is 309 g/mol. The Labute approximate surface area is 136 Å². The molecule has 0 radical (unpaired) electrons. The quantitative estimate of drug-likeness (QED) is 0.782. The Bertz CT molecular complexity index is 804. The molecule has 1 aromatic heterocycles. The minimum absolute atomic E-state index is 0.188. The fourth-order valence-electron chi connectivity index (χ4n) is 3.41. The number of nitrogens with zero attached hydrogens (tertiary/aromatic N) is 2. The van der Waals surface area contributed by atoms with Gasteiger partial charge in [-0.2, -0.15) is 9.28 Å². The summed E-state index contributed by atoms with van der Waals surface area (Å²) in [5.41, 5.74) is 4.31. The Morgan fingerprint density at radius 3 is 2.39 bits per heavy atom. The van der Waals surface area contributed by atoms with Crippen molar-refractivity contribution in [3.63, 3.8) is 0 Å². The van der Waals surface area contributed by atoms with Gasteiger partial charge in [-0.1, -0.05) is 32.9 Å². The number of pyridine rings is 1. The van der Waals surface area contributed by atoms with Crippen LogP contribution in [0.15, 0.2) is 48.8 Å². The lowest BCUT2D eigenvalue weighted by Crippen LogP contribution is -2.46. The molecule has 0 saturated carbocycles. The SMILES string of the molecule is CC(C)(C)C1=C(c2cccnc2)[N+](C)(C(=O)O)c2ccccc21. The van der Waals surface area contributed by atoms with Crippen LogP contribution in [0.4, 0.5) is 10.5 Å². The zero-order chi connectivity index (χ0) is 16.8. The van der Waals surface area contributed by atoms with Crippen molar-refractivity contribution < 1.29 is 9.90 Å². The lowest BCUT2D eigenvalue weighted by molar-refractivity contribution is 0.174. The third kappa shape index (κ3) is 2.18. The van der Waals surface area contributed by atoms with Crippen LogP contribution in [0, 0.1) is 5.41 Å². The van der Waals surface area contributed by atoms with Crippen LogP contribution in [-0.4, -0.2) is 23.2 Å². The molecule has 118 valence electrons. The largest absolute Gasteiger partial charge is 0.523 e. The van der Waals surface area contributed by atoms with Gasteiger partial charge in [0, 0.05) is 29.6 Å². The molecule has 1 aliphatic heterocycles. The normalized spacial score (nSPS) is 20.5. The van der Waals surface area contributed by atoms with E-state index in [1.165, 1.54) is 0 Å². The van der Waals surface area contributed by atoms with E-state index in [4.69, 9.17) is 0 Å². The minimum atomic E-state index is -0.893. The third-order valence-electron chi connectivity index (χ3n) is 4.41. The number of para-hydroxylation sites is 1. The molecule has 2 heterocycles. The highest BCUT2D eigenvalue weighted by Crippen LogP contribution is 2.54. The van der Waals surface area contributed by atoms with E-state index in [1.807, 2.05) is 36.4 Å². The maximum atomic E-state index is 12.3.